The van der Waals surface area contributed by atoms with Crippen LogP contribution >= 0.6 is 11.8 Å². The summed E-state index contributed by atoms with van der Waals surface area (Å²) in [6, 6.07) is 8.89. The molecular weight excluding hydrogens is 378 g/mol. The molecule has 2 heterocycles. The van der Waals surface area contributed by atoms with Crippen LogP contribution in [0.2, 0.25) is 0 Å². The van der Waals surface area contributed by atoms with Crippen LogP contribution in [-0.2, 0) is 19.6 Å². The lowest BCUT2D eigenvalue weighted by Crippen LogP contribution is -2.19. The van der Waals surface area contributed by atoms with Crippen molar-refractivity contribution in [2.45, 2.75) is 11.8 Å². The topological polar surface area (TPSA) is 118 Å². The Morgan fingerprint density at radius 1 is 1.27 bits per heavy atom. The van der Waals surface area contributed by atoms with E-state index in [1.54, 1.807) is 18.2 Å². The number of hydrogen-bond acceptors (Lipinski definition) is 6. The molecule has 26 heavy (non-hydrogen) atoms. The normalized spacial score (nSPS) is 17.5. The molecule has 8 nitrogen and oxygen atoms in total. The highest BCUT2D eigenvalue weighted by atomic mass is 32.2. The van der Waals surface area contributed by atoms with Gasteiger partial charge in [0.05, 0.1) is 16.2 Å². The molecule has 1 aromatic carbocycles. The van der Waals surface area contributed by atoms with Gasteiger partial charge in [0.25, 0.3) is 15.9 Å². The van der Waals surface area contributed by atoms with E-state index in [9.17, 15) is 18.0 Å². The second kappa shape index (κ2) is 7.18. The monoisotopic (exact) mass is 391 g/mol. The third-order valence-electron chi connectivity index (χ3n) is 3.13. The first kappa shape index (κ1) is 18.0. The first-order chi connectivity index (χ1) is 12.3. The molecule has 134 valence electrons. The lowest BCUT2D eigenvalue weighted by Gasteiger charge is -2.03. The zero-order valence-corrected chi connectivity index (χ0v) is 15.1. The van der Waals surface area contributed by atoms with Crippen molar-refractivity contribution in [2.75, 3.05) is 5.32 Å². The number of carbonyl (C=O) groups is 2. The Kier molecular flexibility index (Phi) is 4.96. The predicted molar refractivity (Wildman–Crippen MR) is 97.8 cm³/mol. The van der Waals surface area contributed by atoms with Crippen molar-refractivity contribution in [1.82, 2.24) is 5.32 Å². The highest BCUT2D eigenvalue weighted by Crippen LogP contribution is 2.27. The molecular formula is C16H13N3O5S2. The SMILES string of the molecule is CC(=O)Nc1ccc(S(=O)(=O)N=C2S/C(=C/c3ccco3)NC2=O)cc1. The van der Waals surface area contributed by atoms with Gasteiger partial charge in [0, 0.05) is 18.7 Å². The minimum Gasteiger partial charge on any atom is -0.465 e. The number of hydrogen-bond donors (Lipinski definition) is 2. The van der Waals surface area contributed by atoms with Crippen molar-refractivity contribution in [3.8, 4) is 0 Å². The van der Waals surface area contributed by atoms with E-state index < -0.39 is 15.9 Å². The molecule has 0 unspecified atom stereocenters. The zero-order chi connectivity index (χ0) is 18.7. The average molecular weight is 391 g/mol. The molecule has 0 atom stereocenters. The largest absolute Gasteiger partial charge is 0.465 e. The van der Waals surface area contributed by atoms with Crippen LogP contribution in [0.3, 0.4) is 0 Å². The van der Waals surface area contributed by atoms with Gasteiger partial charge >= 0.3 is 0 Å². The summed E-state index contributed by atoms with van der Waals surface area (Å²) in [7, 11) is -4.06. The van der Waals surface area contributed by atoms with E-state index in [0.717, 1.165) is 11.8 Å². The number of sulfonamides is 1. The molecule has 3 rings (SSSR count). The van der Waals surface area contributed by atoms with Gasteiger partial charge in [-0.15, -0.1) is 4.40 Å². The van der Waals surface area contributed by atoms with Crippen LogP contribution in [0.4, 0.5) is 5.69 Å². The molecule has 1 aliphatic rings. The van der Waals surface area contributed by atoms with Gasteiger partial charge in [0.1, 0.15) is 5.76 Å². The fraction of sp³-hybridized carbons (Fsp3) is 0.0625. The number of anilines is 1. The molecule has 0 radical (unpaired) electrons. The molecule has 0 saturated carbocycles. The van der Waals surface area contributed by atoms with Crippen molar-refractivity contribution in [1.29, 1.82) is 0 Å². The molecule has 1 saturated heterocycles. The zero-order valence-electron chi connectivity index (χ0n) is 13.4. The number of carbonyl (C=O) groups excluding carboxylic acids is 2. The third kappa shape index (κ3) is 4.21. The Labute approximate surface area is 153 Å². The molecule has 2 aromatic rings. The van der Waals surface area contributed by atoms with E-state index in [4.69, 9.17) is 4.42 Å². The maximum absolute atomic E-state index is 12.4. The fourth-order valence-electron chi connectivity index (χ4n) is 2.04. The second-order valence-corrected chi connectivity index (χ2v) is 7.79. The van der Waals surface area contributed by atoms with Gasteiger partial charge in [-0.3, -0.25) is 9.59 Å². The van der Waals surface area contributed by atoms with E-state index in [1.165, 1.54) is 37.5 Å². The average Bonchev–Trinajstić information content (AvgIpc) is 3.18. The summed E-state index contributed by atoms with van der Waals surface area (Å²) in [5.74, 6) is -0.354. The number of nitrogens with one attached hydrogen (secondary N) is 2. The summed E-state index contributed by atoms with van der Waals surface area (Å²) < 4.78 is 33.5. The van der Waals surface area contributed by atoms with Gasteiger partial charge in [0.15, 0.2) is 5.04 Å². The highest BCUT2D eigenvalue weighted by molar-refractivity contribution is 8.20. The van der Waals surface area contributed by atoms with Crippen LogP contribution in [0.25, 0.3) is 6.08 Å². The quantitative estimate of drug-likeness (QED) is 0.825. The Bertz CT molecular complexity index is 1010. The number of amides is 2. The Morgan fingerprint density at radius 2 is 2.00 bits per heavy atom. The minimum absolute atomic E-state index is 0.0871. The second-order valence-electron chi connectivity index (χ2n) is 5.16. The van der Waals surface area contributed by atoms with Gasteiger partial charge in [-0.25, -0.2) is 0 Å². The van der Waals surface area contributed by atoms with Crippen LogP contribution in [0.15, 0.2) is 61.4 Å². The maximum atomic E-state index is 12.4. The number of benzene rings is 1. The van der Waals surface area contributed by atoms with Crippen molar-refractivity contribution < 1.29 is 22.4 Å². The van der Waals surface area contributed by atoms with Crippen molar-refractivity contribution in [2.24, 2.45) is 4.40 Å². The van der Waals surface area contributed by atoms with E-state index >= 15 is 0 Å². The maximum Gasteiger partial charge on any atom is 0.283 e. The third-order valence-corrected chi connectivity index (χ3v) is 5.45. The molecule has 0 bridgehead atoms. The summed E-state index contributed by atoms with van der Waals surface area (Å²) in [6.07, 6.45) is 3.05. The van der Waals surface area contributed by atoms with Crippen LogP contribution in [0, 0.1) is 0 Å². The van der Waals surface area contributed by atoms with Crippen LogP contribution < -0.4 is 10.6 Å². The first-order valence-corrected chi connectivity index (χ1v) is 9.56. The molecule has 0 aliphatic carbocycles. The van der Waals surface area contributed by atoms with Crippen LogP contribution in [0.5, 0.6) is 0 Å². The van der Waals surface area contributed by atoms with Gasteiger partial charge in [-0.1, -0.05) is 0 Å². The van der Waals surface area contributed by atoms with Gasteiger partial charge in [-0.2, -0.15) is 8.42 Å². The predicted octanol–water partition coefficient (Wildman–Crippen LogP) is 2.19. The summed E-state index contributed by atoms with van der Waals surface area (Å²) in [5.41, 5.74) is 0.459. The van der Waals surface area contributed by atoms with E-state index in [2.05, 4.69) is 15.0 Å². The lowest BCUT2D eigenvalue weighted by molar-refractivity contribution is -0.114. The molecule has 2 amide bonds. The Hall–Kier alpha value is -2.85. The van der Waals surface area contributed by atoms with Gasteiger partial charge < -0.3 is 15.1 Å². The van der Waals surface area contributed by atoms with E-state index in [0.29, 0.717) is 16.5 Å². The molecule has 10 heteroatoms. The molecule has 2 N–H and O–H groups in total. The number of nitrogens with zero attached hydrogens (tertiary/aromatic N) is 1. The molecule has 1 aromatic heterocycles. The van der Waals surface area contributed by atoms with Crippen molar-refractivity contribution in [3.63, 3.8) is 0 Å². The molecule has 0 spiro atoms. The summed E-state index contributed by atoms with van der Waals surface area (Å²) in [4.78, 5) is 22.9. The minimum atomic E-state index is -4.06. The number of thioether (sulfide) groups is 1. The highest BCUT2D eigenvalue weighted by Gasteiger charge is 2.27. The van der Waals surface area contributed by atoms with E-state index in [-0.39, 0.29) is 15.8 Å². The molecule has 1 fully saturated rings. The van der Waals surface area contributed by atoms with Gasteiger partial charge in [-0.05, 0) is 48.2 Å². The summed E-state index contributed by atoms with van der Waals surface area (Å²) in [6.45, 7) is 1.35. The van der Waals surface area contributed by atoms with Crippen LogP contribution in [-0.4, -0.2) is 25.3 Å². The first-order valence-electron chi connectivity index (χ1n) is 7.30. The fourth-order valence-corrected chi connectivity index (χ4v) is 4.05. The smallest absolute Gasteiger partial charge is 0.283 e. The lowest BCUT2D eigenvalue weighted by atomic mass is 10.3. The van der Waals surface area contributed by atoms with E-state index in [1.807, 2.05) is 0 Å². The Balaban J connectivity index is 1.81. The number of rotatable bonds is 4. The van der Waals surface area contributed by atoms with Gasteiger partial charge in [0.2, 0.25) is 5.91 Å². The number of furan rings is 1. The van der Waals surface area contributed by atoms with Crippen molar-refractivity contribution >= 4 is 50.4 Å². The standard InChI is InChI=1S/C16H13N3O5S2/c1-10(20)17-11-4-6-13(7-5-11)26(22,23)19-16-15(21)18-14(25-16)9-12-3-2-8-24-12/h2-9H,1H3,(H,17,20)(H,18,21)/b14-9+,19-16?. The summed E-state index contributed by atoms with van der Waals surface area (Å²) >= 11 is 0.904. The van der Waals surface area contributed by atoms with Crippen molar-refractivity contribution in [3.05, 3.63) is 53.5 Å². The van der Waals surface area contributed by atoms with Crippen LogP contribution in [0.1, 0.15) is 12.7 Å². The Morgan fingerprint density at radius 3 is 2.62 bits per heavy atom. The summed E-state index contributed by atoms with van der Waals surface area (Å²) in [5, 5.41) is 5.30. The molecule has 1 aliphatic heterocycles.